The van der Waals surface area contributed by atoms with Gasteiger partial charge in [-0.2, -0.15) is 18.3 Å². The molecular formula is C13H12F3N3O3. The number of fused-ring (bicyclic) bond motifs is 1. The maximum Gasteiger partial charge on any atom is 0.410 e. The number of halogens is 3. The van der Waals surface area contributed by atoms with Crippen LogP contribution >= 0.6 is 0 Å². The summed E-state index contributed by atoms with van der Waals surface area (Å²) in [4.78, 5) is 11.7. The number of hydrogen-bond acceptors (Lipinski definition) is 5. The first-order valence-electron chi connectivity index (χ1n) is 6.44. The molecular weight excluding hydrogens is 303 g/mol. The third kappa shape index (κ3) is 2.32. The summed E-state index contributed by atoms with van der Waals surface area (Å²) in [7, 11) is 1.15. The molecule has 118 valence electrons. The number of nitrogens with one attached hydrogen (secondary N) is 1. The van der Waals surface area contributed by atoms with Crippen molar-refractivity contribution in [2.75, 3.05) is 12.4 Å². The summed E-state index contributed by atoms with van der Waals surface area (Å²) in [6.07, 6.45) is -2.34. The number of carbonyl (C=O) groups excluding carboxylic acids is 1. The normalized spacial score (nSPS) is 21.1. The Balaban J connectivity index is 2.06. The standard InChI is InChI=1S/C13H12F3N3O3/c1-21-12(20)7-6-17-19-10(13(14,15)16)5-8(18-11(7)19)9-3-2-4-22-9/h2-4,6,8,10,18H,5H2,1H3/t8-,10+/m1/s1. The first-order valence-corrected chi connectivity index (χ1v) is 6.44. The Hall–Kier alpha value is -2.45. The fraction of sp³-hybridized carbons (Fsp3) is 0.385. The van der Waals surface area contributed by atoms with Crippen LogP contribution in [0.15, 0.2) is 29.0 Å². The molecule has 2 aromatic rings. The number of furan rings is 1. The number of ether oxygens (including phenoxy) is 1. The van der Waals surface area contributed by atoms with Gasteiger partial charge >= 0.3 is 12.1 Å². The molecule has 2 atom stereocenters. The van der Waals surface area contributed by atoms with Crippen LogP contribution in [0.2, 0.25) is 0 Å². The highest BCUT2D eigenvalue weighted by atomic mass is 19.4. The van der Waals surface area contributed by atoms with Crippen molar-refractivity contribution in [3.05, 3.63) is 35.9 Å². The number of carbonyl (C=O) groups is 1. The Bertz CT molecular complexity index is 679. The molecule has 0 saturated carbocycles. The molecule has 1 aliphatic rings. The van der Waals surface area contributed by atoms with E-state index in [4.69, 9.17) is 4.42 Å². The van der Waals surface area contributed by atoms with Crippen LogP contribution in [0.1, 0.15) is 34.6 Å². The molecule has 0 fully saturated rings. The minimum absolute atomic E-state index is 0.0261. The zero-order valence-corrected chi connectivity index (χ0v) is 11.4. The van der Waals surface area contributed by atoms with Gasteiger partial charge in [-0.3, -0.25) is 0 Å². The molecule has 0 saturated heterocycles. The number of alkyl halides is 3. The quantitative estimate of drug-likeness (QED) is 0.863. The zero-order valence-electron chi connectivity index (χ0n) is 11.4. The fourth-order valence-electron chi connectivity index (χ4n) is 2.50. The van der Waals surface area contributed by atoms with E-state index in [2.05, 4.69) is 15.2 Å². The monoisotopic (exact) mass is 315 g/mol. The summed E-state index contributed by atoms with van der Waals surface area (Å²) in [5, 5.41) is 6.56. The number of methoxy groups -OCH3 is 1. The second-order valence-corrected chi connectivity index (χ2v) is 4.85. The van der Waals surface area contributed by atoms with Gasteiger partial charge in [0.05, 0.1) is 25.6 Å². The average molecular weight is 315 g/mol. The SMILES string of the molecule is COC(=O)c1cnn2c1N[C@@H](c1ccco1)C[C@H]2C(F)(F)F. The van der Waals surface area contributed by atoms with Crippen LogP contribution in [0.3, 0.4) is 0 Å². The van der Waals surface area contributed by atoms with Crippen LogP contribution < -0.4 is 5.32 Å². The predicted octanol–water partition coefficient (Wildman–Crippen LogP) is 2.92. The number of rotatable bonds is 2. The molecule has 22 heavy (non-hydrogen) atoms. The summed E-state index contributed by atoms with van der Waals surface area (Å²) < 4.78 is 50.4. The number of hydrogen-bond donors (Lipinski definition) is 1. The van der Waals surface area contributed by atoms with Gasteiger partial charge in [-0.05, 0) is 12.1 Å². The van der Waals surface area contributed by atoms with Crippen molar-refractivity contribution in [1.82, 2.24) is 9.78 Å². The third-order valence-corrected chi connectivity index (χ3v) is 3.53. The van der Waals surface area contributed by atoms with Gasteiger partial charge in [-0.25, -0.2) is 9.48 Å². The highest BCUT2D eigenvalue weighted by Crippen LogP contribution is 2.44. The molecule has 1 N–H and O–H groups in total. The lowest BCUT2D eigenvalue weighted by Gasteiger charge is -2.32. The van der Waals surface area contributed by atoms with E-state index in [9.17, 15) is 18.0 Å². The van der Waals surface area contributed by atoms with Crippen LogP contribution in [0, 0.1) is 0 Å². The lowest BCUT2D eigenvalue weighted by atomic mass is 10.0. The molecule has 3 heterocycles. The van der Waals surface area contributed by atoms with Crippen LogP contribution in [-0.2, 0) is 4.74 Å². The lowest BCUT2D eigenvalue weighted by molar-refractivity contribution is -0.174. The van der Waals surface area contributed by atoms with Gasteiger partial charge < -0.3 is 14.5 Å². The summed E-state index contributed by atoms with van der Waals surface area (Å²) in [6, 6.07) is 0.605. The first-order chi connectivity index (χ1) is 10.4. The van der Waals surface area contributed by atoms with Gasteiger partial charge in [0, 0.05) is 6.42 Å². The zero-order chi connectivity index (χ0) is 15.9. The maximum absolute atomic E-state index is 13.3. The summed E-state index contributed by atoms with van der Waals surface area (Å²) >= 11 is 0. The topological polar surface area (TPSA) is 69.3 Å². The Morgan fingerprint density at radius 2 is 2.32 bits per heavy atom. The molecule has 2 aromatic heterocycles. The fourth-order valence-corrected chi connectivity index (χ4v) is 2.50. The second kappa shape index (κ2) is 5.08. The smallest absolute Gasteiger partial charge is 0.410 e. The number of anilines is 1. The van der Waals surface area contributed by atoms with Crippen LogP contribution in [0.4, 0.5) is 19.0 Å². The highest BCUT2D eigenvalue weighted by Gasteiger charge is 2.47. The van der Waals surface area contributed by atoms with Gasteiger partial charge in [-0.15, -0.1) is 0 Å². The van der Waals surface area contributed by atoms with Crippen molar-refractivity contribution >= 4 is 11.8 Å². The molecule has 0 radical (unpaired) electrons. The predicted molar refractivity (Wildman–Crippen MR) is 68.3 cm³/mol. The van der Waals surface area contributed by atoms with Crippen molar-refractivity contribution in [2.24, 2.45) is 0 Å². The molecule has 3 rings (SSSR count). The average Bonchev–Trinajstić information content (AvgIpc) is 3.13. The molecule has 0 bridgehead atoms. The minimum Gasteiger partial charge on any atom is -0.467 e. The molecule has 0 unspecified atom stereocenters. The summed E-state index contributed by atoms with van der Waals surface area (Å²) in [6.45, 7) is 0. The highest BCUT2D eigenvalue weighted by molar-refractivity contribution is 5.94. The van der Waals surface area contributed by atoms with E-state index in [1.807, 2.05) is 0 Å². The Morgan fingerprint density at radius 3 is 2.91 bits per heavy atom. The van der Waals surface area contributed by atoms with Gasteiger partial charge in [0.2, 0.25) is 0 Å². The number of aromatic nitrogens is 2. The molecule has 0 spiro atoms. The van der Waals surface area contributed by atoms with E-state index in [0.717, 1.165) is 18.0 Å². The van der Waals surface area contributed by atoms with Crippen molar-refractivity contribution in [3.8, 4) is 0 Å². The van der Waals surface area contributed by atoms with E-state index in [1.54, 1.807) is 12.1 Å². The molecule has 9 heteroatoms. The van der Waals surface area contributed by atoms with E-state index in [0.29, 0.717) is 5.76 Å². The van der Waals surface area contributed by atoms with Gasteiger partial charge in [-0.1, -0.05) is 0 Å². The Labute approximate surface area is 122 Å². The van der Waals surface area contributed by atoms with Gasteiger partial charge in [0.25, 0.3) is 0 Å². The lowest BCUT2D eigenvalue weighted by Crippen LogP contribution is -2.36. The largest absolute Gasteiger partial charge is 0.467 e. The van der Waals surface area contributed by atoms with Crippen molar-refractivity contribution < 1.29 is 27.1 Å². The van der Waals surface area contributed by atoms with Crippen LogP contribution in [0.5, 0.6) is 0 Å². The maximum atomic E-state index is 13.3. The first kappa shape index (κ1) is 14.5. The van der Waals surface area contributed by atoms with Crippen molar-refractivity contribution in [2.45, 2.75) is 24.7 Å². The van der Waals surface area contributed by atoms with E-state index >= 15 is 0 Å². The Morgan fingerprint density at radius 1 is 1.55 bits per heavy atom. The van der Waals surface area contributed by atoms with E-state index < -0.39 is 24.2 Å². The van der Waals surface area contributed by atoms with Crippen molar-refractivity contribution in [1.29, 1.82) is 0 Å². The van der Waals surface area contributed by atoms with Crippen LogP contribution in [0.25, 0.3) is 0 Å². The van der Waals surface area contributed by atoms with Gasteiger partial charge in [0.1, 0.15) is 17.1 Å². The molecule has 6 nitrogen and oxygen atoms in total. The number of nitrogens with zero attached hydrogens (tertiary/aromatic N) is 2. The van der Waals surface area contributed by atoms with E-state index in [-0.39, 0.29) is 17.8 Å². The third-order valence-electron chi connectivity index (χ3n) is 3.53. The molecule has 0 amide bonds. The number of esters is 1. The second-order valence-electron chi connectivity index (χ2n) is 4.85. The van der Waals surface area contributed by atoms with Crippen LogP contribution in [-0.4, -0.2) is 29.0 Å². The van der Waals surface area contributed by atoms with E-state index in [1.165, 1.54) is 6.26 Å². The molecule has 0 aromatic carbocycles. The summed E-state index contributed by atoms with van der Waals surface area (Å²) in [5.74, 6) is -0.422. The minimum atomic E-state index is -4.50. The van der Waals surface area contributed by atoms with Crippen molar-refractivity contribution in [3.63, 3.8) is 0 Å². The molecule has 0 aliphatic carbocycles. The molecule has 1 aliphatic heterocycles. The Kier molecular flexibility index (Phi) is 3.34. The van der Waals surface area contributed by atoms with Gasteiger partial charge in [0.15, 0.2) is 6.04 Å². The summed E-state index contributed by atoms with van der Waals surface area (Å²) in [5.41, 5.74) is -0.0481.